The van der Waals surface area contributed by atoms with E-state index in [4.69, 9.17) is 5.11 Å². The lowest BCUT2D eigenvalue weighted by atomic mass is 10.0. The summed E-state index contributed by atoms with van der Waals surface area (Å²) >= 11 is 0. The van der Waals surface area contributed by atoms with Gasteiger partial charge in [0.2, 0.25) is 0 Å². The first-order chi connectivity index (χ1) is 8.58. The highest BCUT2D eigenvalue weighted by Crippen LogP contribution is 2.22. The predicted octanol–water partition coefficient (Wildman–Crippen LogP) is 1.90. The van der Waals surface area contributed by atoms with Crippen LogP contribution in [0.2, 0.25) is 0 Å². The summed E-state index contributed by atoms with van der Waals surface area (Å²) in [5.41, 5.74) is 2.74. The Morgan fingerprint density at radius 1 is 1.50 bits per heavy atom. The van der Waals surface area contributed by atoms with E-state index in [1.165, 1.54) is 4.90 Å². The van der Waals surface area contributed by atoms with Crippen molar-refractivity contribution in [3.05, 3.63) is 35.7 Å². The molecule has 2 heterocycles. The molecule has 0 radical (unpaired) electrons. The number of aliphatic hydroxyl groups excluding tert-OH is 1. The Balaban J connectivity index is 2.11. The highest BCUT2D eigenvalue weighted by Gasteiger charge is 2.16. The maximum atomic E-state index is 10.8. The fourth-order valence-electron chi connectivity index (χ4n) is 1.95. The lowest BCUT2D eigenvalue weighted by Crippen LogP contribution is -2.33. The van der Waals surface area contributed by atoms with Gasteiger partial charge in [0.05, 0.1) is 11.8 Å². The number of amides is 1. The van der Waals surface area contributed by atoms with Crippen LogP contribution >= 0.6 is 0 Å². The lowest BCUT2D eigenvalue weighted by molar-refractivity contribution is 0.150. The van der Waals surface area contributed by atoms with E-state index >= 15 is 0 Å². The fourth-order valence-corrected chi connectivity index (χ4v) is 1.95. The van der Waals surface area contributed by atoms with Gasteiger partial charge < -0.3 is 15.1 Å². The second-order valence-corrected chi connectivity index (χ2v) is 4.36. The van der Waals surface area contributed by atoms with Gasteiger partial charge in [0.1, 0.15) is 0 Å². The number of aromatic nitrogens is 1. The van der Waals surface area contributed by atoms with E-state index in [1.54, 1.807) is 19.2 Å². The monoisotopic (exact) mass is 248 g/mol. The summed E-state index contributed by atoms with van der Waals surface area (Å²) in [4.78, 5) is 16.3. The third kappa shape index (κ3) is 2.68. The van der Waals surface area contributed by atoms with Gasteiger partial charge in [-0.1, -0.05) is 12.1 Å². The number of hydrogen-bond acceptors (Lipinski definition) is 3. The van der Waals surface area contributed by atoms with E-state index in [0.717, 1.165) is 11.1 Å². The summed E-state index contributed by atoms with van der Waals surface area (Å²) in [7, 11) is 0. The normalized spacial score (nSPS) is 17.2. The molecule has 1 aliphatic heterocycles. The number of carbonyl (C=O) groups is 1. The van der Waals surface area contributed by atoms with Crippen LogP contribution in [0.5, 0.6) is 0 Å². The fraction of sp³-hybridized carbons (Fsp3) is 0.385. The average Bonchev–Trinajstić information content (AvgIpc) is 2.39. The van der Waals surface area contributed by atoms with Crippen molar-refractivity contribution in [2.24, 2.45) is 0 Å². The molecule has 0 saturated carbocycles. The second kappa shape index (κ2) is 5.18. The molecular weight excluding hydrogens is 232 g/mol. The first-order valence-electron chi connectivity index (χ1n) is 5.89. The minimum atomic E-state index is -0.882. The summed E-state index contributed by atoms with van der Waals surface area (Å²) in [5.74, 6) is 0. The largest absolute Gasteiger partial charge is 0.465 e. The van der Waals surface area contributed by atoms with Crippen molar-refractivity contribution in [3.8, 4) is 0 Å². The third-order valence-electron chi connectivity index (χ3n) is 3.06. The number of hydrogen-bond donors (Lipinski definition) is 2. The van der Waals surface area contributed by atoms with E-state index in [2.05, 4.69) is 4.98 Å². The van der Waals surface area contributed by atoms with E-state index in [0.29, 0.717) is 25.2 Å². The van der Waals surface area contributed by atoms with Gasteiger partial charge in [-0.25, -0.2) is 4.79 Å². The van der Waals surface area contributed by atoms with Gasteiger partial charge in [-0.15, -0.1) is 0 Å². The molecule has 1 atom stereocenters. The number of nitrogens with zero attached hydrogens (tertiary/aromatic N) is 2. The second-order valence-electron chi connectivity index (χ2n) is 4.36. The molecule has 0 bridgehead atoms. The van der Waals surface area contributed by atoms with Crippen molar-refractivity contribution in [3.63, 3.8) is 0 Å². The molecule has 1 unspecified atom stereocenters. The highest BCUT2D eigenvalue weighted by molar-refractivity contribution is 5.70. The molecule has 0 aromatic carbocycles. The first-order valence-corrected chi connectivity index (χ1v) is 5.89. The van der Waals surface area contributed by atoms with E-state index < -0.39 is 12.2 Å². The van der Waals surface area contributed by atoms with Crippen LogP contribution in [-0.2, 0) is 0 Å². The average molecular weight is 248 g/mol. The molecule has 2 rings (SSSR count). The molecule has 1 aromatic heterocycles. The Bertz CT molecular complexity index is 466. The summed E-state index contributed by atoms with van der Waals surface area (Å²) in [6.45, 7) is 2.61. The van der Waals surface area contributed by atoms with Crippen LogP contribution in [0, 0.1) is 0 Å². The summed E-state index contributed by atoms with van der Waals surface area (Å²) in [6, 6.07) is 3.71. The molecule has 0 fully saturated rings. The van der Waals surface area contributed by atoms with E-state index in [-0.39, 0.29) is 0 Å². The summed E-state index contributed by atoms with van der Waals surface area (Å²) < 4.78 is 0. The molecule has 96 valence electrons. The zero-order valence-corrected chi connectivity index (χ0v) is 10.2. The summed E-state index contributed by atoms with van der Waals surface area (Å²) in [5, 5.41) is 18.2. The lowest BCUT2D eigenvalue weighted by Gasteiger charge is -2.23. The maximum Gasteiger partial charge on any atom is 0.407 e. The van der Waals surface area contributed by atoms with E-state index in [1.807, 2.05) is 12.1 Å². The molecule has 5 nitrogen and oxygen atoms in total. The van der Waals surface area contributed by atoms with Crippen LogP contribution in [0.1, 0.15) is 30.7 Å². The van der Waals surface area contributed by atoms with Gasteiger partial charge in [-0.2, -0.15) is 0 Å². The first kappa shape index (κ1) is 12.6. The van der Waals surface area contributed by atoms with Crippen molar-refractivity contribution >= 4 is 11.7 Å². The van der Waals surface area contributed by atoms with Crippen LogP contribution < -0.4 is 0 Å². The number of pyridine rings is 1. The van der Waals surface area contributed by atoms with Crippen LogP contribution in [0.3, 0.4) is 0 Å². The van der Waals surface area contributed by atoms with Crippen molar-refractivity contribution in [2.75, 3.05) is 13.1 Å². The van der Waals surface area contributed by atoms with Crippen molar-refractivity contribution in [2.45, 2.75) is 19.4 Å². The Morgan fingerprint density at radius 2 is 2.28 bits per heavy atom. The summed E-state index contributed by atoms with van der Waals surface area (Å²) in [6.07, 6.45) is 2.89. The smallest absolute Gasteiger partial charge is 0.407 e. The topological polar surface area (TPSA) is 73.7 Å². The standard InChI is InChI=1S/C13H16N2O3/c1-9(16)12-3-2-11(8-14-12)10-4-6-15(7-5-10)13(17)18/h2-4,8-9,16H,5-7H2,1H3,(H,17,18). The molecule has 18 heavy (non-hydrogen) atoms. The van der Waals surface area contributed by atoms with Crippen LogP contribution in [0.15, 0.2) is 24.4 Å². The van der Waals surface area contributed by atoms with Gasteiger partial charge in [0.25, 0.3) is 0 Å². The van der Waals surface area contributed by atoms with Gasteiger partial charge in [0.15, 0.2) is 0 Å². The maximum absolute atomic E-state index is 10.8. The van der Waals surface area contributed by atoms with Gasteiger partial charge >= 0.3 is 6.09 Å². The van der Waals surface area contributed by atoms with Crippen molar-refractivity contribution in [1.29, 1.82) is 0 Å². The zero-order valence-electron chi connectivity index (χ0n) is 10.2. The molecule has 1 aliphatic rings. The molecule has 2 N–H and O–H groups in total. The van der Waals surface area contributed by atoms with Gasteiger partial charge in [0, 0.05) is 19.3 Å². The minimum Gasteiger partial charge on any atom is -0.465 e. The number of carboxylic acid groups (broad SMARTS) is 1. The van der Waals surface area contributed by atoms with Gasteiger partial charge in [-0.05, 0) is 30.5 Å². The Kier molecular flexibility index (Phi) is 3.62. The quantitative estimate of drug-likeness (QED) is 0.838. The molecule has 0 aliphatic carbocycles. The number of rotatable bonds is 2. The van der Waals surface area contributed by atoms with Crippen LogP contribution in [-0.4, -0.2) is 39.3 Å². The predicted molar refractivity (Wildman–Crippen MR) is 67.1 cm³/mol. The Morgan fingerprint density at radius 3 is 2.72 bits per heavy atom. The molecule has 0 spiro atoms. The SMILES string of the molecule is CC(O)c1ccc(C2=CCN(C(=O)O)CC2)cn1. The Hall–Kier alpha value is -1.88. The van der Waals surface area contributed by atoms with Crippen molar-refractivity contribution < 1.29 is 15.0 Å². The molecule has 0 saturated heterocycles. The van der Waals surface area contributed by atoms with Crippen LogP contribution in [0.4, 0.5) is 4.79 Å². The highest BCUT2D eigenvalue weighted by atomic mass is 16.4. The number of aliphatic hydroxyl groups is 1. The minimum absolute atomic E-state index is 0.419. The Labute approximate surface area is 105 Å². The van der Waals surface area contributed by atoms with Crippen LogP contribution in [0.25, 0.3) is 5.57 Å². The molecule has 1 amide bonds. The molecule has 5 heteroatoms. The third-order valence-corrected chi connectivity index (χ3v) is 3.06. The van der Waals surface area contributed by atoms with Crippen molar-refractivity contribution in [1.82, 2.24) is 9.88 Å². The molecule has 1 aromatic rings. The zero-order chi connectivity index (χ0) is 13.1. The molecular formula is C13H16N2O3. The van der Waals surface area contributed by atoms with Gasteiger partial charge in [-0.3, -0.25) is 4.98 Å². The van der Waals surface area contributed by atoms with E-state index in [9.17, 15) is 9.90 Å².